The molecule has 0 bridgehead atoms. The summed E-state index contributed by atoms with van der Waals surface area (Å²) in [6.45, 7) is 5.38. The Balaban J connectivity index is 1.97. The molecule has 24 heavy (non-hydrogen) atoms. The van der Waals surface area contributed by atoms with Gasteiger partial charge in [-0.1, -0.05) is 25.5 Å². The highest BCUT2D eigenvalue weighted by Crippen LogP contribution is 2.24. The molecule has 0 aromatic heterocycles. The molecule has 2 rings (SSSR count). The minimum Gasteiger partial charge on any atom is -0.494 e. The van der Waals surface area contributed by atoms with Gasteiger partial charge in [0.1, 0.15) is 17.2 Å². The molecule has 0 N–H and O–H groups in total. The Bertz CT molecular complexity index is 605. The summed E-state index contributed by atoms with van der Waals surface area (Å²) in [6, 6.07) is 14.7. The van der Waals surface area contributed by atoms with Crippen LogP contribution in [0.15, 0.2) is 48.5 Å². The van der Waals surface area contributed by atoms with Gasteiger partial charge in [0, 0.05) is 0 Å². The molecule has 0 spiro atoms. The fourth-order valence-electron chi connectivity index (χ4n) is 2.19. The smallest absolute Gasteiger partial charge is 0.179 e. The van der Waals surface area contributed by atoms with Gasteiger partial charge in [-0.2, -0.15) is 0 Å². The quantitative estimate of drug-likeness (QED) is 0.473. The van der Waals surface area contributed by atoms with Crippen LogP contribution in [0.4, 0.5) is 0 Å². The molecule has 0 heterocycles. The number of unbranched alkanes of at least 4 members (excludes halogenated alkanes) is 1. The highest BCUT2D eigenvalue weighted by molar-refractivity contribution is 5.61. The average molecular weight is 328 g/mol. The lowest BCUT2D eigenvalue weighted by Gasteiger charge is -2.15. The zero-order chi connectivity index (χ0) is 17.2. The van der Waals surface area contributed by atoms with Gasteiger partial charge >= 0.3 is 0 Å². The van der Waals surface area contributed by atoms with Gasteiger partial charge in [-0.25, -0.2) is 0 Å². The van der Waals surface area contributed by atoms with E-state index in [9.17, 15) is 4.79 Å². The largest absolute Gasteiger partial charge is 0.494 e. The van der Waals surface area contributed by atoms with Gasteiger partial charge in [0.15, 0.2) is 12.4 Å². The molecule has 0 aliphatic rings. The monoisotopic (exact) mass is 328 g/mol. The summed E-state index contributed by atoms with van der Waals surface area (Å²) in [5, 5.41) is 0. The third-order valence-electron chi connectivity index (χ3n) is 3.50. The molecule has 1 unspecified atom stereocenters. The van der Waals surface area contributed by atoms with Crippen molar-refractivity contribution in [3.05, 3.63) is 54.1 Å². The highest BCUT2D eigenvalue weighted by Gasteiger charge is 2.12. The Hall–Kier alpha value is -2.49. The fourth-order valence-corrected chi connectivity index (χ4v) is 2.19. The maximum absolute atomic E-state index is 11.4. The number of rotatable bonds is 10. The lowest BCUT2D eigenvalue weighted by atomic mass is 10.1. The van der Waals surface area contributed by atoms with Crippen LogP contribution in [0.5, 0.6) is 17.2 Å². The summed E-state index contributed by atoms with van der Waals surface area (Å²) in [4.78, 5) is 11.4. The van der Waals surface area contributed by atoms with E-state index in [0.717, 1.165) is 36.2 Å². The SMILES string of the molecule is CCCCOc1ccc(OC(C=O)c2ccc(OCC)cc2)cc1. The minimum absolute atomic E-state index is 0.611. The molecule has 0 saturated carbocycles. The fraction of sp³-hybridized carbons (Fsp3) is 0.350. The first-order chi connectivity index (χ1) is 11.8. The number of carbonyl (C=O) groups excluding carboxylic acids is 1. The zero-order valence-electron chi connectivity index (χ0n) is 14.2. The molecular formula is C20H24O4. The highest BCUT2D eigenvalue weighted by atomic mass is 16.5. The van der Waals surface area contributed by atoms with Crippen LogP contribution in [0.2, 0.25) is 0 Å². The van der Waals surface area contributed by atoms with Gasteiger partial charge in [-0.15, -0.1) is 0 Å². The van der Waals surface area contributed by atoms with Gasteiger partial charge < -0.3 is 14.2 Å². The Morgan fingerprint density at radius 3 is 2.04 bits per heavy atom. The number of hydrogen-bond donors (Lipinski definition) is 0. The molecule has 0 aliphatic carbocycles. The number of carbonyl (C=O) groups is 1. The van der Waals surface area contributed by atoms with Crippen LogP contribution in [-0.2, 0) is 4.79 Å². The second-order valence-electron chi connectivity index (χ2n) is 5.35. The van der Waals surface area contributed by atoms with Crippen molar-refractivity contribution in [3.8, 4) is 17.2 Å². The predicted octanol–water partition coefficient (Wildman–Crippen LogP) is 4.58. The van der Waals surface area contributed by atoms with E-state index >= 15 is 0 Å². The van der Waals surface area contributed by atoms with E-state index in [2.05, 4.69) is 6.92 Å². The van der Waals surface area contributed by atoms with Crippen molar-refractivity contribution >= 4 is 6.29 Å². The summed E-state index contributed by atoms with van der Waals surface area (Å²) >= 11 is 0. The molecular weight excluding hydrogens is 304 g/mol. The van der Waals surface area contributed by atoms with E-state index in [1.165, 1.54) is 0 Å². The van der Waals surface area contributed by atoms with E-state index in [1.54, 1.807) is 0 Å². The molecule has 0 aliphatic heterocycles. The number of aldehydes is 1. The molecule has 0 radical (unpaired) electrons. The average Bonchev–Trinajstić information content (AvgIpc) is 2.62. The van der Waals surface area contributed by atoms with Crippen molar-refractivity contribution in [3.63, 3.8) is 0 Å². The standard InChI is InChI=1S/C20H24O4/c1-3-5-14-23-18-10-12-19(13-11-18)24-20(15-21)16-6-8-17(9-7-16)22-4-2/h6-13,15,20H,3-5,14H2,1-2H3. The topological polar surface area (TPSA) is 44.8 Å². The van der Waals surface area contributed by atoms with E-state index in [-0.39, 0.29) is 0 Å². The summed E-state index contributed by atoms with van der Waals surface area (Å²) in [7, 11) is 0. The first-order valence-electron chi connectivity index (χ1n) is 8.34. The van der Waals surface area contributed by atoms with Crippen LogP contribution in [-0.4, -0.2) is 19.5 Å². The number of benzene rings is 2. The van der Waals surface area contributed by atoms with Crippen molar-refractivity contribution < 1.29 is 19.0 Å². The summed E-state index contributed by atoms with van der Waals surface area (Å²) in [5.74, 6) is 2.21. The zero-order valence-corrected chi connectivity index (χ0v) is 14.2. The molecule has 0 fully saturated rings. The molecule has 128 valence electrons. The lowest BCUT2D eigenvalue weighted by Crippen LogP contribution is -2.09. The van der Waals surface area contributed by atoms with E-state index < -0.39 is 6.10 Å². The van der Waals surface area contributed by atoms with Gasteiger partial charge in [0.25, 0.3) is 0 Å². The molecule has 2 aromatic rings. The third kappa shape index (κ3) is 5.30. The predicted molar refractivity (Wildman–Crippen MR) is 93.9 cm³/mol. The second kappa shape index (κ2) is 9.60. The normalized spacial score (nSPS) is 11.6. The summed E-state index contributed by atoms with van der Waals surface area (Å²) < 4.78 is 16.8. The van der Waals surface area contributed by atoms with Crippen molar-refractivity contribution in [1.82, 2.24) is 0 Å². The van der Waals surface area contributed by atoms with Crippen LogP contribution in [0.1, 0.15) is 38.4 Å². The first-order valence-corrected chi connectivity index (χ1v) is 8.34. The van der Waals surface area contributed by atoms with Crippen LogP contribution >= 0.6 is 0 Å². The number of ether oxygens (including phenoxy) is 3. The molecule has 4 heteroatoms. The summed E-state index contributed by atoms with van der Waals surface area (Å²) in [5.41, 5.74) is 0.789. The van der Waals surface area contributed by atoms with E-state index in [4.69, 9.17) is 14.2 Å². The Morgan fingerprint density at radius 2 is 1.46 bits per heavy atom. The van der Waals surface area contributed by atoms with Crippen molar-refractivity contribution in [2.24, 2.45) is 0 Å². The van der Waals surface area contributed by atoms with Crippen molar-refractivity contribution in [2.45, 2.75) is 32.8 Å². The molecule has 2 aromatic carbocycles. The van der Waals surface area contributed by atoms with Gasteiger partial charge in [0.2, 0.25) is 0 Å². The molecule has 1 atom stereocenters. The maximum Gasteiger partial charge on any atom is 0.179 e. The van der Waals surface area contributed by atoms with Crippen LogP contribution in [0.3, 0.4) is 0 Å². The van der Waals surface area contributed by atoms with Crippen LogP contribution in [0, 0.1) is 0 Å². The van der Waals surface area contributed by atoms with Crippen LogP contribution in [0.25, 0.3) is 0 Å². The Kier molecular flexibility index (Phi) is 7.15. The maximum atomic E-state index is 11.4. The Morgan fingerprint density at radius 1 is 0.875 bits per heavy atom. The van der Waals surface area contributed by atoms with E-state index in [1.807, 2.05) is 55.5 Å². The molecule has 0 amide bonds. The molecule has 4 nitrogen and oxygen atoms in total. The van der Waals surface area contributed by atoms with E-state index in [0.29, 0.717) is 19.0 Å². The van der Waals surface area contributed by atoms with Gasteiger partial charge in [0.05, 0.1) is 13.2 Å². The Labute approximate surface area is 143 Å². The first kappa shape index (κ1) is 17.9. The minimum atomic E-state index is -0.646. The summed E-state index contributed by atoms with van der Waals surface area (Å²) in [6.07, 6.45) is 2.28. The third-order valence-corrected chi connectivity index (χ3v) is 3.50. The van der Waals surface area contributed by atoms with Crippen molar-refractivity contribution in [1.29, 1.82) is 0 Å². The lowest BCUT2D eigenvalue weighted by molar-refractivity contribution is -0.113. The van der Waals surface area contributed by atoms with Gasteiger partial charge in [-0.05, 0) is 55.3 Å². The van der Waals surface area contributed by atoms with Gasteiger partial charge in [-0.3, -0.25) is 4.79 Å². The second-order valence-corrected chi connectivity index (χ2v) is 5.35. The molecule has 0 saturated heterocycles. The van der Waals surface area contributed by atoms with Crippen molar-refractivity contribution in [2.75, 3.05) is 13.2 Å². The number of hydrogen-bond acceptors (Lipinski definition) is 4. The van der Waals surface area contributed by atoms with Crippen LogP contribution < -0.4 is 14.2 Å².